The second kappa shape index (κ2) is 23.1. The largest absolute Gasteiger partial charge is 0.344 e. The number of rotatable bonds is 15. The van der Waals surface area contributed by atoms with E-state index in [0.29, 0.717) is 24.4 Å². The van der Waals surface area contributed by atoms with Gasteiger partial charge < -0.3 is 20.4 Å². The zero-order valence-corrected chi connectivity index (χ0v) is 38.8. The molecule has 338 valence electrons. The van der Waals surface area contributed by atoms with Gasteiger partial charge in [0.2, 0.25) is 23.6 Å². The minimum atomic E-state index is -0.689. The van der Waals surface area contributed by atoms with Gasteiger partial charge in [-0.25, -0.2) is 0 Å². The Hall–Kier alpha value is -7.55. The lowest BCUT2D eigenvalue weighted by molar-refractivity contribution is -0.127. The Morgan fingerprint density at radius 3 is 1.36 bits per heavy atom. The molecule has 8 rings (SSSR count). The summed E-state index contributed by atoms with van der Waals surface area (Å²) < 4.78 is 0. The summed E-state index contributed by atoms with van der Waals surface area (Å²) in [6, 6.07) is 61.3. The van der Waals surface area contributed by atoms with Crippen molar-refractivity contribution in [1.82, 2.24) is 10.6 Å². The van der Waals surface area contributed by atoms with Gasteiger partial charge in [0.1, 0.15) is 12.1 Å². The molecule has 0 aliphatic carbocycles. The summed E-state index contributed by atoms with van der Waals surface area (Å²) in [5, 5.41) is 11.1. The van der Waals surface area contributed by atoms with Gasteiger partial charge in [-0.1, -0.05) is 175 Å². The van der Waals surface area contributed by atoms with E-state index in [4.69, 9.17) is 11.6 Å². The highest BCUT2D eigenvalue weighted by Crippen LogP contribution is 2.22. The summed E-state index contributed by atoms with van der Waals surface area (Å²) in [5.74, 6) is -0.649. The molecule has 0 radical (unpaired) electrons. The summed E-state index contributed by atoms with van der Waals surface area (Å²) >= 11 is 6.03. The van der Waals surface area contributed by atoms with Crippen LogP contribution in [-0.2, 0) is 44.9 Å². The number of halogens is 1. The maximum atomic E-state index is 13.6. The highest BCUT2D eigenvalue weighted by atomic mass is 35.5. The Bertz CT molecular complexity index is 2930. The van der Waals surface area contributed by atoms with E-state index in [-0.39, 0.29) is 36.5 Å². The van der Waals surface area contributed by atoms with Crippen LogP contribution in [-0.4, -0.2) is 49.3 Å². The third kappa shape index (κ3) is 13.3. The van der Waals surface area contributed by atoms with E-state index in [2.05, 4.69) is 16.7 Å². The maximum Gasteiger partial charge on any atom is 0.249 e. The molecule has 9 heteroatoms. The second-order valence-electron chi connectivity index (χ2n) is 16.6. The summed E-state index contributed by atoms with van der Waals surface area (Å²) in [4.78, 5) is 56.3. The number of amides is 4. The standard InChI is InChI=1S/C29H27ClN2O2.C29H28N2O2/c1-2-32(26-16-14-25(30)15-17-26)29(34)27(19-21-8-4-3-5-9-21)31-28(33)20-22-12-13-23-10-6-7-11-24(23)18-22;1-21-12-16-26(17-13-21)31(2)29(33)27(19-22-8-4-3-5-9-22)30-28(32)20-23-14-15-24-10-6-7-11-25(24)18-23/h3-18,27H,2,19-20H2,1H3,(H,31,33);3-18,27H,19-20H2,1-2H3,(H,30,32)/t2*27-/m00/s1. The van der Waals surface area contributed by atoms with Gasteiger partial charge in [-0.15, -0.1) is 0 Å². The van der Waals surface area contributed by atoms with Crippen LogP contribution < -0.4 is 20.4 Å². The molecule has 8 nitrogen and oxygen atoms in total. The monoisotopic (exact) mass is 906 g/mol. The fraction of sp³-hybridized carbons (Fsp3) is 0.172. The van der Waals surface area contributed by atoms with E-state index in [1.54, 1.807) is 29.0 Å². The lowest BCUT2D eigenvalue weighted by Gasteiger charge is -2.27. The van der Waals surface area contributed by atoms with Crippen molar-refractivity contribution in [1.29, 1.82) is 0 Å². The summed E-state index contributed by atoms with van der Waals surface area (Å²) in [5.41, 5.74) is 6.49. The number of carbonyl (C=O) groups excluding carboxylic acids is 4. The van der Waals surface area contributed by atoms with Gasteiger partial charge >= 0.3 is 0 Å². The molecule has 0 heterocycles. The van der Waals surface area contributed by atoms with Crippen LogP contribution in [0.15, 0.2) is 194 Å². The number of anilines is 2. The molecular formula is C58H55ClN4O4. The normalized spacial score (nSPS) is 11.7. The first kappa shape index (κ1) is 47.4. The second-order valence-corrected chi connectivity index (χ2v) is 17.1. The average Bonchev–Trinajstić information content (AvgIpc) is 3.35. The molecule has 0 aliphatic heterocycles. The van der Waals surface area contributed by atoms with Crippen LogP contribution in [0.3, 0.4) is 0 Å². The van der Waals surface area contributed by atoms with Crippen molar-refractivity contribution in [3.63, 3.8) is 0 Å². The van der Waals surface area contributed by atoms with Crippen molar-refractivity contribution in [2.45, 2.75) is 51.6 Å². The molecule has 8 aromatic carbocycles. The highest BCUT2D eigenvalue weighted by Gasteiger charge is 2.28. The number of nitrogens with zero attached hydrogens (tertiary/aromatic N) is 2. The maximum absolute atomic E-state index is 13.6. The van der Waals surface area contributed by atoms with E-state index < -0.39 is 12.1 Å². The predicted molar refractivity (Wildman–Crippen MR) is 274 cm³/mol. The molecular weight excluding hydrogens is 852 g/mol. The lowest BCUT2D eigenvalue weighted by Crippen LogP contribution is -2.50. The zero-order chi connectivity index (χ0) is 47.1. The van der Waals surface area contributed by atoms with Gasteiger partial charge in [0.05, 0.1) is 12.8 Å². The van der Waals surface area contributed by atoms with Crippen molar-refractivity contribution in [2.75, 3.05) is 23.4 Å². The highest BCUT2D eigenvalue weighted by molar-refractivity contribution is 6.30. The molecule has 0 saturated carbocycles. The Morgan fingerprint density at radius 1 is 0.478 bits per heavy atom. The quantitative estimate of drug-likeness (QED) is 0.107. The van der Waals surface area contributed by atoms with E-state index in [1.165, 1.54) is 0 Å². The topological polar surface area (TPSA) is 98.8 Å². The fourth-order valence-corrected chi connectivity index (χ4v) is 8.19. The molecule has 2 atom stereocenters. The first-order chi connectivity index (χ1) is 32.5. The first-order valence-electron chi connectivity index (χ1n) is 22.6. The number of fused-ring (bicyclic) bond motifs is 2. The summed E-state index contributed by atoms with van der Waals surface area (Å²) in [7, 11) is 1.75. The average molecular weight is 908 g/mol. The van der Waals surface area contributed by atoms with Gasteiger partial charge in [0, 0.05) is 42.8 Å². The Labute approximate surface area is 398 Å². The van der Waals surface area contributed by atoms with Gasteiger partial charge in [-0.2, -0.15) is 0 Å². The number of benzene rings is 8. The van der Waals surface area contributed by atoms with E-state index >= 15 is 0 Å². The minimum absolute atomic E-state index is 0.144. The van der Waals surface area contributed by atoms with Crippen molar-refractivity contribution in [3.05, 3.63) is 227 Å². The van der Waals surface area contributed by atoms with E-state index in [0.717, 1.165) is 60.7 Å². The predicted octanol–water partition coefficient (Wildman–Crippen LogP) is 10.9. The Kier molecular flexibility index (Phi) is 16.3. The van der Waals surface area contributed by atoms with E-state index in [1.807, 2.05) is 190 Å². The molecule has 0 unspecified atom stereocenters. The number of likely N-dealkylation sites (N-methyl/N-ethyl adjacent to an activating group) is 2. The van der Waals surface area contributed by atoms with Crippen LogP contribution in [0.1, 0.15) is 34.7 Å². The van der Waals surface area contributed by atoms with Gasteiger partial charge in [0.15, 0.2) is 0 Å². The molecule has 0 saturated heterocycles. The molecule has 8 aromatic rings. The summed E-state index contributed by atoms with van der Waals surface area (Å²) in [6.07, 6.45) is 1.26. The molecule has 67 heavy (non-hydrogen) atoms. The zero-order valence-electron chi connectivity index (χ0n) is 38.1. The SMILES string of the molecule is CCN(C(=O)[C@H](Cc1ccccc1)NC(=O)Cc1ccc2ccccc2c1)c1ccc(Cl)cc1.Cc1ccc(N(C)C(=O)[C@H](Cc2ccccc2)NC(=O)Cc2ccc3ccccc3c2)cc1. The molecule has 0 fully saturated rings. The Morgan fingerprint density at radius 2 is 0.896 bits per heavy atom. The van der Waals surface area contributed by atoms with Crippen LogP contribution in [0.4, 0.5) is 11.4 Å². The van der Waals surface area contributed by atoms with Gasteiger partial charge in [-0.3, -0.25) is 19.2 Å². The lowest BCUT2D eigenvalue weighted by atomic mass is 10.0. The van der Waals surface area contributed by atoms with Gasteiger partial charge in [-0.05, 0) is 94.0 Å². The van der Waals surface area contributed by atoms with Crippen molar-refractivity contribution < 1.29 is 19.2 Å². The van der Waals surface area contributed by atoms with Crippen LogP contribution in [0.5, 0.6) is 0 Å². The Balaban J connectivity index is 0.000000199. The van der Waals surface area contributed by atoms with E-state index in [9.17, 15) is 19.2 Å². The minimum Gasteiger partial charge on any atom is -0.344 e. The fourth-order valence-electron chi connectivity index (χ4n) is 8.06. The first-order valence-corrected chi connectivity index (χ1v) is 22.9. The molecule has 0 aromatic heterocycles. The van der Waals surface area contributed by atoms with Crippen LogP contribution in [0, 0.1) is 6.92 Å². The smallest absolute Gasteiger partial charge is 0.249 e. The summed E-state index contributed by atoms with van der Waals surface area (Å²) in [6.45, 7) is 4.41. The number of hydrogen-bond acceptors (Lipinski definition) is 4. The van der Waals surface area contributed by atoms with Crippen LogP contribution >= 0.6 is 11.6 Å². The van der Waals surface area contributed by atoms with Gasteiger partial charge in [0.25, 0.3) is 0 Å². The van der Waals surface area contributed by atoms with Crippen molar-refractivity contribution in [2.24, 2.45) is 0 Å². The molecule has 0 spiro atoms. The van der Waals surface area contributed by atoms with Crippen LogP contribution in [0.2, 0.25) is 5.02 Å². The van der Waals surface area contributed by atoms with Crippen molar-refractivity contribution >= 4 is 68.1 Å². The number of hydrogen-bond donors (Lipinski definition) is 2. The molecule has 0 bridgehead atoms. The molecule has 2 N–H and O–H groups in total. The number of aryl methyl sites for hydroxylation is 1. The number of carbonyl (C=O) groups is 4. The molecule has 4 amide bonds. The van der Waals surface area contributed by atoms with Crippen LogP contribution in [0.25, 0.3) is 21.5 Å². The third-order valence-corrected chi connectivity index (χ3v) is 11.9. The molecule has 0 aliphatic rings. The number of nitrogens with one attached hydrogen (secondary N) is 2. The third-order valence-electron chi connectivity index (χ3n) is 11.7. The van der Waals surface area contributed by atoms with Crippen molar-refractivity contribution in [3.8, 4) is 0 Å².